The molecule has 0 aliphatic heterocycles. The van der Waals surface area contributed by atoms with Gasteiger partial charge in [0.25, 0.3) is 0 Å². The van der Waals surface area contributed by atoms with Gasteiger partial charge in [0, 0.05) is 0 Å². The number of rotatable bonds is 23. The summed E-state index contributed by atoms with van der Waals surface area (Å²) >= 11 is 0. The lowest BCUT2D eigenvalue weighted by molar-refractivity contribution is 0.125. The van der Waals surface area contributed by atoms with Gasteiger partial charge in [-0.1, -0.05) is 124 Å². The van der Waals surface area contributed by atoms with Gasteiger partial charge in [0.1, 0.15) is 0 Å². The molecule has 0 rings (SSSR count). The number of hydrogen-bond acceptors (Lipinski definition) is 3. The maximum Gasteiger partial charge on any atom is 0.472 e. The van der Waals surface area contributed by atoms with Crippen molar-refractivity contribution in [3.8, 4) is 0 Å². The fourth-order valence-electron chi connectivity index (χ4n) is 3.61. The Morgan fingerprint density at radius 2 is 1.10 bits per heavy atom. The Labute approximate surface area is 182 Å². The summed E-state index contributed by atoms with van der Waals surface area (Å²) in [6.07, 6.45) is 22.4. The van der Waals surface area contributed by atoms with Crippen molar-refractivity contribution in [2.24, 2.45) is 5.92 Å². The number of hydrogen-bond donors (Lipinski definition) is 1. The Hall–Kier alpha value is 0.110. The maximum atomic E-state index is 12.0. The highest BCUT2D eigenvalue weighted by molar-refractivity contribution is 7.47. The third-order valence-electron chi connectivity index (χ3n) is 5.77. The second-order valence-electron chi connectivity index (χ2n) is 8.61. The first-order valence-electron chi connectivity index (χ1n) is 12.7. The summed E-state index contributed by atoms with van der Waals surface area (Å²) in [5.41, 5.74) is 0. The minimum atomic E-state index is -3.88. The molecule has 4 nitrogen and oxygen atoms in total. The number of unbranched alkanes of at least 4 members (excludes halogenated alkanes) is 14. The van der Waals surface area contributed by atoms with Gasteiger partial charge in [0.15, 0.2) is 0 Å². The van der Waals surface area contributed by atoms with Crippen LogP contribution in [0.4, 0.5) is 0 Å². The van der Waals surface area contributed by atoms with Gasteiger partial charge in [-0.3, -0.25) is 9.05 Å². The Morgan fingerprint density at radius 1 is 0.655 bits per heavy atom. The third kappa shape index (κ3) is 21.1. The summed E-state index contributed by atoms with van der Waals surface area (Å²) in [6.45, 7) is 7.16. The van der Waals surface area contributed by atoms with Crippen LogP contribution in [-0.4, -0.2) is 18.1 Å². The first-order valence-corrected chi connectivity index (χ1v) is 14.2. The second-order valence-corrected chi connectivity index (χ2v) is 10.1. The zero-order valence-electron chi connectivity index (χ0n) is 19.8. The topological polar surface area (TPSA) is 55.8 Å². The van der Waals surface area contributed by atoms with Crippen LogP contribution >= 0.6 is 7.82 Å². The summed E-state index contributed by atoms with van der Waals surface area (Å²) in [7, 11) is -3.88. The van der Waals surface area contributed by atoms with E-state index in [-0.39, 0.29) is 0 Å². The van der Waals surface area contributed by atoms with Crippen molar-refractivity contribution in [2.45, 2.75) is 136 Å². The van der Waals surface area contributed by atoms with Crippen LogP contribution < -0.4 is 0 Å². The van der Waals surface area contributed by atoms with E-state index in [4.69, 9.17) is 9.05 Å². The smallest absolute Gasteiger partial charge is 0.302 e. The lowest BCUT2D eigenvalue weighted by Gasteiger charge is -2.17. The molecule has 176 valence electrons. The number of phosphoric ester groups is 1. The molecule has 0 aromatic heterocycles. The molecular weight excluding hydrogens is 383 g/mol. The molecule has 5 heteroatoms. The molecule has 0 spiro atoms. The van der Waals surface area contributed by atoms with Crippen molar-refractivity contribution in [2.75, 3.05) is 13.2 Å². The monoisotopic (exact) mass is 434 g/mol. The van der Waals surface area contributed by atoms with Crippen molar-refractivity contribution in [3.05, 3.63) is 0 Å². The maximum absolute atomic E-state index is 12.0. The van der Waals surface area contributed by atoms with Gasteiger partial charge in [0.05, 0.1) is 13.2 Å². The normalized spacial score (nSPS) is 14.8. The molecule has 0 saturated carbocycles. The van der Waals surface area contributed by atoms with Gasteiger partial charge in [0.2, 0.25) is 0 Å². The molecule has 0 fully saturated rings. The van der Waals surface area contributed by atoms with Crippen molar-refractivity contribution < 1.29 is 18.5 Å². The molecule has 2 unspecified atom stereocenters. The van der Waals surface area contributed by atoms with E-state index < -0.39 is 7.82 Å². The molecule has 0 amide bonds. The largest absolute Gasteiger partial charge is 0.472 e. The van der Waals surface area contributed by atoms with E-state index in [0.717, 1.165) is 38.5 Å². The summed E-state index contributed by atoms with van der Waals surface area (Å²) in [5, 5.41) is 0. The van der Waals surface area contributed by atoms with Crippen LogP contribution in [0.2, 0.25) is 0 Å². The minimum absolute atomic E-state index is 0.317. The predicted octanol–water partition coefficient (Wildman–Crippen LogP) is 8.82. The molecule has 2 atom stereocenters. The van der Waals surface area contributed by atoms with E-state index in [1.807, 2.05) is 0 Å². The SMILES string of the molecule is CCCCCCCCCCCCCCCCOP(=O)(O)OCC(CC)CCCC. The van der Waals surface area contributed by atoms with E-state index in [9.17, 15) is 9.46 Å². The summed E-state index contributed by atoms with van der Waals surface area (Å²) in [5.74, 6) is 0.347. The fraction of sp³-hybridized carbons (Fsp3) is 1.00. The lowest BCUT2D eigenvalue weighted by Crippen LogP contribution is -2.09. The van der Waals surface area contributed by atoms with Gasteiger partial charge in [-0.2, -0.15) is 0 Å². The Kier molecular flexibility index (Phi) is 21.4. The Balaban J connectivity index is 3.43. The molecule has 29 heavy (non-hydrogen) atoms. The highest BCUT2D eigenvalue weighted by Gasteiger charge is 2.22. The highest BCUT2D eigenvalue weighted by atomic mass is 31.2. The van der Waals surface area contributed by atoms with Gasteiger partial charge in [-0.15, -0.1) is 0 Å². The molecule has 0 saturated heterocycles. The predicted molar refractivity (Wildman–Crippen MR) is 125 cm³/mol. The standard InChI is InChI=1S/C24H51O4P/c1-4-7-9-10-11-12-13-14-15-16-17-18-19-20-22-27-29(25,26)28-23-24(6-3)21-8-5-2/h24H,4-23H2,1-3H3,(H,25,26). The van der Waals surface area contributed by atoms with Crippen LogP contribution in [0, 0.1) is 5.92 Å². The molecular formula is C24H51O4P. The summed E-state index contributed by atoms with van der Waals surface area (Å²) in [4.78, 5) is 9.80. The molecule has 1 N–H and O–H groups in total. The van der Waals surface area contributed by atoms with Crippen LogP contribution in [0.5, 0.6) is 0 Å². The molecule has 0 heterocycles. The fourth-order valence-corrected chi connectivity index (χ4v) is 4.45. The van der Waals surface area contributed by atoms with E-state index >= 15 is 0 Å². The second kappa shape index (κ2) is 21.3. The number of phosphoric acid groups is 1. The average molecular weight is 435 g/mol. The van der Waals surface area contributed by atoms with Gasteiger partial charge in [-0.05, 0) is 18.8 Å². The average Bonchev–Trinajstić information content (AvgIpc) is 2.71. The van der Waals surface area contributed by atoms with Crippen molar-refractivity contribution >= 4 is 7.82 Å². The zero-order valence-corrected chi connectivity index (χ0v) is 20.7. The van der Waals surface area contributed by atoms with E-state index in [1.54, 1.807) is 0 Å². The zero-order chi connectivity index (χ0) is 21.6. The highest BCUT2D eigenvalue weighted by Crippen LogP contribution is 2.44. The lowest BCUT2D eigenvalue weighted by atomic mass is 10.0. The molecule has 0 bridgehead atoms. The summed E-state index contributed by atoms with van der Waals surface area (Å²) < 4.78 is 22.3. The Morgan fingerprint density at radius 3 is 1.55 bits per heavy atom. The Bertz CT molecular complexity index is 376. The van der Waals surface area contributed by atoms with Crippen molar-refractivity contribution in [1.82, 2.24) is 0 Å². The van der Waals surface area contributed by atoms with Crippen LogP contribution in [0.15, 0.2) is 0 Å². The molecule has 0 aromatic carbocycles. The molecule has 0 radical (unpaired) electrons. The van der Waals surface area contributed by atoms with Gasteiger partial charge >= 0.3 is 7.82 Å². The van der Waals surface area contributed by atoms with E-state index in [1.165, 1.54) is 77.0 Å². The molecule has 0 aliphatic carbocycles. The first kappa shape index (κ1) is 29.1. The third-order valence-corrected chi connectivity index (χ3v) is 6.75. The first-order chi connectivity index (χ1) is 14.1. The quantitative estimate of drug-likeness (QED) is 0.129. The van der Waals surface area contributed by atoms with Crippen molar-refractivity contribution in [3.63, 3.8) is 0 Å². The molecule has 0 aromatic rings. The van der Waals surface area contributed by atoms with Crippen LogP contribution in [-0.2, 0) is 13.6 Å². The van der Waals surface area contributed by atoms with E-state index in [2.05, 4.69) is 20.8 Å². The summed E-state index contributed by atoms with van der Waals surface area (Å²) in [6, 6.07) is 0. The van der Waals surface area contributed by atoms with E-state index in [0.29, 0.717) is 19.1 Å². The minimum Gasteiger partial charge on any atom is -0.302 e. The van der Waals surface area contributed by atoms with Gasteiger partial charge in [-0.25, -0.2) is 4.57 Å². The van der Waals surface area contributed by atoms with Crippen LogP contribution in [0.3, 0.4) is 0 Å². The van der Waals surface area contributed by atoms with Crippen LogP contribution in [0.25, 0.3) is 0 Å². The van der Waals surface area contributed by atoms with Crippen LogP contribution in [0.1, 0.15) is 136 Å². The van der Waals surface area contributed by atoms with Crippen molar-refractivity contribution in [1.29, 1.82) is 0 Å². The van der Waals surface area contributed by atoms with Gasteiger partial charge < -0.3 is 4.89 Å². The molecule has 0 aliphatic rings.